The second-order valence-electron chi connectivity index (χ2n) is 24.3. The van der Waals surface area contributed by atoms with E-state index in [-0.39, 0.29) is 12.2 Å². The topological polar surface area (TPSA) is 40.5 Å². The van der Waals surface area contributed by atoms with Gasteiger partial charge < -0.3 is 10.2 Å². The third-order valence-corrected chi connectivity index (χ3v) is 20.3. The van der Waals surface area contributed by atoms with Gasteiger partial charge in [-0.15, -0.1) is 0 Å². The summed E-state index contributed by atoms with van der Waals surface area (Å²) in [5.74, 6) is 8.61. The monoisotopic (exact) mass is 773 g/mol. The maximum absolute atomic E-state index is 10.2. The highest BCUT2D eigenvalue weighted by Gasteiger charge is 2.57. The van der Waals surface area contributed by atoms with Crippen molar-refractivity contribution in [3.63, 3.8) is 0 Å². The second-order valence-corrected chi connectivity index (χ2v) is 24.3. The lowest BCUT2D eigenvalue weighted by Gasteiger charge is -2.55. The molecule has 2 nitrogen and oxygen atoms in total. The molecular weight excluding hydrogens is 681 g/mol. The molecule has 56 heavy (non-hydrogen) atoms. The molecule has 4 fully saturated rings. The summed E-state index contributed by atoms with van der Waals surface area (Å²) in [7, 11) is 0. The summed E-state index contributed by atoms with van der Waals surface area (Å²) in [4.78, 5) is 0. The van der Waals surface area contributed by atoms with Crippen molar-refractivity contribution in [2.24, 2.45) is 80.8 Å². The summed E-state index contributed by atoms with van der Waals surface area (Å²) >= 11 is 0. The zero-order chi connectivity index (χ0) is 40.2. The maximum Gasteiger partial charge on any atom is 0.0543 e. The van der Waals surface area contributed by atoms with Gasteiger partial charge in [-0.3, -0.25) is 0 Å². The van der Waals surface area contributed by atoms with Gasteiger partial charge in [0.25, 0.3) is 0 Å². The minimum Gasteiger partial charge on any atom is -0.393 e. The van der Waals surface area contributed by atoms with E-state index in [1.807, 2.05) is 22.3 Å². The average Bonchev–Trinajstić information content (AvgIpc) is 3.69. The molecule has 320 valence electrons. The van der Waals surface area contributed by atoms with Crippen molar-refractivity contribution >= 4 is 0 Å². The molecule has 2 heteroatoms. The number of hydrogen-bond acceptors (Lipinski definition) is 2. The molecule has 0 aromatic carbocycles. The molecule has 2 N–H and O–H groups in total. The van der Waals surface area contributed by atoms with Gasteiger partial charge in [0.2, 0.25) is 0 Å². The fraction of sp³-hybridized carbons (Fsp3) is 0.926. The van der Waals surface area contributed by atoms with E-state index in [4.69, 9.17) is 0 Å². The highest BCUT2D eigenvalue weighted by molar-refractivity contribution is 5.36. The second kappa shape index (κ2) is 17.0. The third-order valence-electron chi connectivity index (χ3n) is 20.3. The first-order valence-electron chi connectivity index (χ1n) is 25.3. The van der Waals surface area contributed by atoms with E-state index in [0.717, 1.165) is 84.9 Å². The number of aliphatic hydroxyl groups is 2. The van der Waals surface area contributed by atoms with Crippen LogP contribution in [0, 0.1) is 80.8 Å². The van der Waals surface area contributed by atoms with Crippen LogP contribution >= 0.6 is 0 Å². The fourth-order valence-corrected chi connectivity index (χ4v) is 16.9. The Morgan fingerprint density at radius 1 is 0.482 bits per heavy atom. The van der Waals surface area contributed by atoms with Crippen LogP contribution < -0.4 is 0 Å². The summed E-state index contributed by atoms with van der Waals surface area (Å²) in [6.45, 7) is 25.1. The predicted octanol–water partition coefficient (Wildman–Crippen LogP) is 15.1. The molecule has 0 unspecified atom stereocenters. The van der Waals surface area contributed by atoms with Crippen LogP contribution in [0.15, 0.2) is 22.3 Å². The maximum atomic E-state index is 10.2. The molecule has 0 aromatic rings. The third kappa shape index (κ3) is 8.00. The van der Waals surface area contributed by atoms with Crippen LogP contribution in [0.3, 0.4) is 0 Å². The minimum atomic E-state index is -0.0309. The van der Waals surface area contributed by atoms with Gasteiger partial charge in [-0.2, -0.15) is 0 Å². The smallest absolute Gasteiger partial charge is 0.0543 e. The summed E-state index contributed by atoms with van der Waals surface area (Å²) < 4.78 is 0. The van der Waals surface area contributed by atoms with Gasteiger partial charge in [0, 0.05) is 0 Å². The number of aliphatic hydroxyl groups excluding tert-OH is 2. The zero-order valence-electron chi connectivity index (χ0n) is 38.8. The van der Waals surface area contributed by atoms with Gasteiger partial charge in [0.1, 0.15) is 0 Å². The molecule has 8 rings (SSSR count). The van der Waals surface area contributed by atoms with Crippen LogP contribution in [-0.2, 0) is 0 Å². The van der Waals surface area contributed by atoms with Crippen molar-refractivity contribution in [1.82, 2.24) is 0 Å². The molecule has 0 saturated heterocycles. The molecule has 0 amide bonds. The Bertz CT molecular complexity index is 1310. The van der Waals surface area contributed by atoms with Gasteiger partial charge >= 0.3 is 0 Å². The Morgan fingerprint density at radius 2 is 0.875 bits per heavy atom. The molecule has 0 spiro atoms. The molecular formula is C54H92O2. The SMILES string of the molecule is CC(C)CCC[C@@H](C)[C@H]1CC[C@H]2C3=C(CC[C@]12C)[C@@]1(C)CC[C@H](O)C[C@@H]1CC3.CC(C)CCC[C@@H](C)[C@H]1CC[C@H]2C3=C(CC[C@]12C)[C@@]1(C)CC[C@H](O)C[C@@H]1CC3. The van der Waals surface area contributed by atoms with Crippen molar-refractivity contribution in [3.05, 3.63) is 22.3 Å². The number of fused-ring (bicyclic) bond motifs is 8. The summed E-state index contributed by atoms with van der Waals surface area (Å²) in [6.07, 6.45) is 31.9. The van der Waals surface area contributed by atoms with Crippen molar-refractivity contribution in [3.8, 4) is 0 Å². The Kier molecular flexibility index (Phi) is 13.2. The van der Waals surface area contributed by atoms with Crippen molar-refractivity contribution in [2.45, 2.75) is 236 Å². The lowest BCUT2D eigenvalue weighted by molar-refractivity contribution is 0.0132. The largest absolute Gasteiger partial charge is 0.393 e. The van der Waals surface area contributed by atoms with Crippen LogP contribution in [-0.4, -0.2) is 22.4 Å². The Labute approximate surface area is 347 Å². The van der Waals surface area contributed by atoms with Crippen LogP contribution in [0.4, 0.5) is 0 Å². The van der Waals surface area contributed by atoms with Crippen LogP contribution in [0.25, 0.3) is 0 Å². The first-order chi connectivity index (χ1) is 26.5. The van der Waals surface area contributed by atoms with Gasteiger partial charge in [-0.05, 0) is 196 Å². The summed E-state index contributed by atoms with van der Waals surface area (Å²) in [6, 6.07) is 0. The molecule has 4 saturated carbocycles. The van der Waals surface area contributed by atoms with Crippen LogP contribution in [0.1, 0.15) is 223 Å². The minimum absolute atomic E-state index is 0.0309. The summed E-state index contributed by atoms with van der Waals surface area (Å²) in [5.41, 5.74) is 9.55. The Hall–Kier alpha value is -0.600. The van der Waals surface area contributed by atoms with Crippen LogP contribution in [0.5, 0.6) is 0 Å². The highest BCUT2D eigenvalue weighted by Crippen LogP contribution is 2.68. The normalized spacial score (nSPS) is 44.2. The fourth-order valence-electron chi connectivity index (χ4n) is 16.9. The van der Waals surface area contributed by atoms with E-state index in [2.05, 4.69) is 69.2 Å². The Balaban J connectivity index is 0.000000172. The standard InChI is InChI=1S/2C27H46O/c2*1-18(2)7-6-8-19(3)23-11-12-24-22-10-9-20-17-21(28)13-15-26(20,4)25(22)14-16-27(23,24)5/h2*18-21,23-24,28H,6-17H2,1-5H3/t2*19-,20+,21+,23-,24+,26+,27-/m11/s1. The molecule has 0 bridgehead atoms. The first-order valence-corrected chi connectivity index (χ1v) is 25.3. The molecule has 0 heterocycles. The van der Waals surface area contributed by atoms with E-state index in [9.17, 15) is 10.2 Å². The van der Waals surface area contributed by atoms with Gasteiger partial charge in [0.15, 0.2) is 0 Å². The first kappa shape index (κ1) is 43.5. The molecule has 0 aliphatic heterocycles. The van der Waals surface area contributed by atoms with E-state index in [0.29, 0.717) is 21.7 Å². The van der Waals surface area contributed by atoms with Crippen LogP contribution in [0.2, 0.25) is 0 Å². The summed E-state index contributed by atoms with van der Waals surface area (Å²) in [5, 5.41) is 20.5. The van der Waals surface area contributed by atoms with Gasteiger partial charge in [-0.25, -0.2) is 0 Å². The quantitative estimate of drug-likeness (QED) is 0.217. The number of allylic oxidation sites excluding steroid dienone is 4. The van der Waals surface area contributed by atoms with Crippen molar-refractivity contribution in [2.75, 3.05) is 0 Å². The molecule has 14 atom stereocenters. The molecule has 8 aliphatic rings. The zero-order valence-corrected chi connectivity index (χ0v) is 38.8. The van der Waals surface area contributed by atoms with Gasteiger partial charge in [0.05, 0.1) is 12.2 Å². The average molecular weight is 773 g/mol. The molecule has 8 aliphatic carbocycles. The Morgan fingerprint density at radius 3 is 1.25 bits per heavy atom. The highest BCUT2D eigenvalue weighted by atomic mass is 16.3. The van der Waals surface area contributed by atoms with E-state index < -0.39 is 0 Å². The van der Waals surface area contributed by atoms with Crippen molar-refractivity contribution < 1.29 is 10.2 Å². The lowest BCUT2D eigenvalue weighted by atomic mass is 9.50. The lowest BCUT2D eigenvalue weighted by Crippen LogP contribution is -2.45. The number of hydrogen-bond donors (Lipinski definition) is 2. The van der Waals surface area contributed by atoms with Crippen molar-refractivity contribution in [1.29, 1.82) is 0 Å². The van der Waals surface area contributed by atoms with E-state index >= 15 is 0 Å². The van der Waals surface area contributed by atoms with E-state index in [1.54, 1.807) is 0 Å². The molecule has 0 aromatic heterocycles. The molecule has 0 radical (unpaired) electrons. The van der Waals surface area contributed by atoms with E-state index in [1.165, 1.54) is 128 Å². The van der Waals surface area contributed by atoms with Gasteiger partial charge in [-0.1, -0.05) is 130 Å². The number of rotatable bonds is 10. The predicted molar refractivity (Wildman–Crippen MR) is 238 cm³/mol.